The summed E-state index contributed by atoms with van der Waals surface area (Å²) in [5.74, 6) is 0.693. The quantitative estimate of drug-likeness (QED) is 0.733. The molecule has 1 aromatic heterocycles. The first-order valence-corrected chi connectivity index (χ1v) is 7.88. The van der Waals surface area contributed by atoms with Crippen molar-refractivity contribution in [3.63, 3.8) is 0 Å². The molecule has 0 spiro atoms. The molecule has 0 aliphatic carbocycles. The number of aliphatic hydroxyl groups excluding tert-OH is 1. The van der Waals surface area contributed by atoms with Crippen molar-refractivity contribution in [2.45, 2.75) is 32.8 Å². The molecule has 23 heavy (non-hydrogen) atoms. The normalized spacial score (nSPS) is 10.6. The molecule has 0 atom stereocenters. The van der Waals surface area contributed by atoms with Gasteiger partial charge in [0, 0.05) is 19.7 Å². The number of amides is 2. The maximum Gasteiger partial charge on any atom is 0.320 e. The molecule has 0 saturated heterocycles. The number of aliphatic hydroxyl groups is 1. The van der Waals surface area contributed by atoms with E-state index in [9.17, 15) is 4.79 Å². The molecule has 6 nitrogen and oxygen atoms in total. The Morgan fingerprint density at radius 1 is 1.22 bits per heavy atom. The van der Waals surface area contributed by atoms with Gasteiger partial charge in [0.1, 0.15) is 5.82 Å². The number of hydrogen-bond acceptors (Lipinski definition) is 3. The maximum absolute atomic E-state index is 11.9. The Hall–Kier alpha value is -2.34. The van der Waals surface area contributed by atoms with Crippen molar-refractivity contribution in [3.05, 3.63) is 47.2 Å². The second kappa shape index (κ2) is 8.33. The number of carbonyl (C=O) groups is 1. The lowest BCUT2D eigenvalue weighted by molar-refractivity contribution is 0.252. The van der Waals surface area contributed by atoms with Crippen molar-refractivity contribution in [2.75, 3.05) is 11.9 Å². The van der Waals surface area contributed by atoms with Gasteiger partial charge in [0.2, 0.25) is 0 Å². The number of hydrogen-bond donors (Lipinski definition) is 3. The molecule has 6 heteroatoms. The Labute approximate surface area is 136 Å². The van der Waals surface area contributed by atoms with Crippen LogP contribution in [-0.4, -0.2) is 27.5 Å². The SMILES string of the molecule is CCCc1cc(NC(=O)NCCc2ccc(CO)cc2)n(C)n1. The van der Waals surface area contributed by atoms with Crippen LogP contribution in [0.1, 0.15) is 30.2 Å². The molecular formula is C17H24N4O2. The van der Waals surface area contributed by atoms with E-state index >= 15 is 0 Å². The van der Waals surface area contributed by atoms with Crippen LogP contribution in [0, 0.1) is 0 Å². The van der Waals surface area contributed by atoms with E-state index in [1.165, 1.54) is 0 Å². The second-order valence-electron chi connectivity index (χ2n) is 5.50. The van der Waals surface area contributed by atoms with E-state index in [4.69, 9.17) is 5.11 Å². The van der Waals surface area contributed by atoms with E-state index in [0.717, 1.165) is 36.1 Å². The highest BCUT2D eigenvalue weighted by Gasteiger charge is 2.08. The summed E-state index contributed by atoms with van der Waals surface area (Å²) >= 11 is 0. The highest BCUT2D eigenvalue weighted by molar-refractivity contribution is 5.88. The van der Waals surface area contributed by atoms with Gasteiger partial charge in [-0.1, -0.05) is 37.6 Å². The number of aryl methyl sites for hydroxylation is 2. The molecule has 0 aliphatic rings. The smallest absolute Gasteiger partial charge is 0.320 e. The van der Waals surface area contributed by atoms with Crippen LogP contribution < -0.4 is 10.6 Å². The third-order valence-corrected chi connectivity index (χ3v) is 3.58. The van der Waals surface area contributed by atoms with E-state index in [0.29, 0.717) is 12.4 Å². The Morgan fingerprint density at radius 2 is 1.91 bits per heavy atom. The summed E-state index contributed by atoms with van der Waals surface area (Å²) in [7, 11) is 1.82. The van der Waals surface area contributed by atoms with Crippen LogP contribution in [0.4, 0.5) is 10.6 Å². The Balaban J connectivity index is 1.78. The molecular weight excluding hydrogens is 292 g/mol. The molecule has 0 fully saturated rings. The molecule has 1 heterocycles. The number of urea groups is 1. The Morgan fingerprint density at radius 3 is 2.57 bits per heavy atom. The van der Waals surface area contributed by atoms with Gasteiger partial charge < -0.3 is 10.4 Å². The van der Waals surface area contributed by atoms with Gasteiger partial charge in [-0.2, -0.15) is 5.10 Å². The Bertz CT molecular complexity index is 635. The molecule has 0 unspecified atom stereocenters. The Kier molecular flexibility index (Phi) is 6.17. The van der Waals surface area contributed by atoms with Crippen molar-refractivity contribution in [2.24, 2.45) is 7.05 Å². The molecule has 0 aliphatic heterocycles. The molecule has 0 bridgehead atoms. The number of rotatable bonds is 7. The van der Waals surface area contributed by atoms with Gasteiger partial charge in [-0.05, 0) is 24.0 Å². The number of benzene rings is 1. The van der Waals surface area contributed by atoms with Crippen molar-refractivity contribution in [1.82, 2.24) is 15.1 Å². The van der Waals surface area contributed by atoms with Gasteiger partial charge in [-0.15, -0.1) is 0 Å². The largest absolute Gasteiger partial charge is 0.392 e. The third kappa shape index (κ3) is 5.10. The van der Waals surface area contributed by atoms with Crippen LogP contribution in [-0.2, 0) is 26.5 Å². The minimum Gasteiger partial charge on any atom is -0.392 e. The summed E-state index contributed by atoms with van der Waals surface area (Å²) in [5.41, 5.74) is 2.99. The molecule has 124 valence electrons. The topological polar surface area (TPSA) is 79.2 Å². The summed E-state index contributed by atoms with van der Waals surface area (Å²) in [6.45, 7) is 2.69. The van der Waals surface area contributed by atoms with Crippen LogP contribution in [0.3, 0.4) is 0 Å². The van der Waals surface area contributed by atoms with E-state index in [1.807, 2.05) is 37.4 Å². The number of nitrogens with one attached hydrogen (secondary N) is 2. The molecule has 2 rings (SSSR count). The van der Waals surface area contributed by atoms with E-state index in [-0.39, 0.29) is 12.6 Å². The fourth-order valence-corrected chi connectivity index (χ4v) is 2.31. The molecule has 3 N–H and O–H groups in total. The number of carbonyl (C=O) groups excluding carboxylic acids is 1. The van der Waals surface area contributed by atoms with E-state index in [1.54, 1.807) is 4.68 Å². The minimum absolute atomic E-state index is 0.0473. The summed E-state index contributed by atoms with van der Waals surface area (Å²) in [4.78, 5) is 11.9. The molecule has 0 radical (unpaired) electrons. The van der Waals surface area contributed by atoms with Crippen molar-refractivity contribution >= 4 is 11.8 Å². The van der Waals surface area contributed by atoms with Gasteiger partial charge in [-0.25, -0.2) is 4.79 Å². The first-order chi connectivity index (χ1) is 11.1. The van der Waals surface area contributed by atoms with Gasteiger partial charge >= 0.3 is 6.03 Å². The van der Waals surface area contributed by atoms with Crippen molar-refractivity contribution in [1.29, 1.82) is 0 Å². The highest BCUT2D eigenvalue weighted by Crippen LogP contribution is 2.10. The molecule has 2 aromatic rings. The van der Waals surface area contributed by atoms with E-state index < -0.39 is 0 Å². The zero-order valence-corrected chi connectivity index (χ0v) is 13.7. The summed E-state index contributed by atoms with van der Waals surface area (Å²) in [6, 6.07) is 9.37. The average Bonchev–Trinajstić information content (AvgIpc) is 2.88. The minimum atomic E-state index is -0.233. The summed E-state index contributed by atoms with van der Waals surface area (Å²) in [5, 5.41) is 19.0. The molecule has 0 saturated carbocycles. The number of aromatic nitrogens is 2. The number of anilines is 1. The highest BCUT2D eigenvalue weighted by atomic mass is 16.3. The molecule has 2 amide bonds. The van der Waals surface area contributed by atoms with Crippen molar-refractivity contribution in [3.8, 4) is 0 Å². The predicted octanol–water partition coefficient (Wildman–Crippen LogP) is 2.23. The van der Waals surface area contributed by atoms with Gasteiger partial charge in [-0.3, -0.25) is 10.00 Å². The van der Waals surface area contributed by atoms with E-state index in [2.05, 4.69) is 22.7 Å². The third-order valence-electron chi connectivity index (χ3n) is 3.58. The standard InChI is InChI=1S/C17H24N4O2/c1-3-4-15-11-16(21(2)20-15)19-17(23)18-10-9-13-5-7-14(12-22)8-6-13/h5-8,11,22H,3-4,9-10,12H2,1-2H3,(H2,18,19,23). The second-order valence-corrected chi connectivity index (χ2v) is 5.50. The van der Waals surface area contributed by atoms with Gasteiger partial charge in [0.05, 0.1) is 12.3 Å². The summed E-state index contributed by atoms with van der Waals surface area (Å²) < 4.78 is 1.68. The lowest BCUT2D eigenvalue weighted by Crippen LogP contribution is -2.31. The maximum atomic E-state index is 11.9. The zero-order chi connectivity index (χ0) is 16.7. The van der Waals surface area contributed by atoms with Crippen LogP contribution >= 0.6 is 0 Å². The zero-order valence-electron chi connectivity index (χ0n) is 13.7. The van der Waals surface area contributed by atoms with Crippen LogP contribution in [0.15, 0.2) is 30.3 Å². The van der Waals surface area contributed by atoms with Crippen LogP contribution in [0.2, 0.25) is 0 Å². The fraction of sp³-hybridized carbons (Fsp3) is 0.412. The predicted molar refractivity (Wildman–Crippen MR) is 90.3 cm³/mol. The first kappa shape index (κ1) is 17.0. The fourth-order valence-electron chi connectivity index (χ4n) is 2.31. The first-order valence-electron chi connectivity index (χ1n) is 7.88. The number of nitrogens with zero attached hydrogens (tertiary/aromatic N) is 2. The van der Waals surface area contributed by atoms with Gasteiger partial charge in [0.25, 0.3) is 0 Å². The van der Waals surface area contributed by atoms with Crippen LogP contribution in [0.25, 0.3) is 0 Å². The molecule has 1 aromatic carbocycles. The van der Waals surface area contributed by atoms with Gasteiger partial charge in [0.15, 0.2) is 0 Å². The summed E-state index contributed by atoms with van der Waals surface area (Å²) in [6.07, 6.45) is 2.67. The van der Waals surface area contributed by atoms with Crippen LogP contribution in [0.5, 0.6) is 0 Å². The monoisotopic (exact) mass is 316 g/mol. The lowest BCUT2D eigenvalue weighted by Gasteiger charge is -2.08. The average molecular weight is 316 g/mol. The lowest BCUT2D eigenvalue weighted by atomic mass is 10.1. The van der Waals surface area contributed by atoms with Crippen molar-refractivity contribution < 1.29 is 9.90 Å².